The summed E-state index contributed by atoms with van der Waals surface area (Å²) in [5, 5.41) is 14.7. The highest BCUT2D eigenvalue weighted by Gasteiger charge is 2.27. The number of benzene rings is 3. The van der Waals surface area contributed by atoms with Crippen LogP contribution in [0.1, 0.15) is 50.8 Å². The maximum Gasteiger partial charge on any atom is 0.289 e. The average molecular weight is 502 g/mol. The van der Waals surface area contributed by atoms with Gasteiger partial charge in [-0.15, -0.1) is 0 Å². The molecule has 1 saturated heterocycles. The van der Waals surface area contributed by atoms with Gasteiger partial charge >= 0.3 is 0 Å². The highest BCUT2D eigenvalue weighted by Crippen LogP contribution is 2.31. The third-order valence-corrected chi connectivity index (χ3v) is 6.87. The predicted molar refractivity (Wildman–Crippen MR) is 136 cm³/mol. The number of hydrogen-bond donors (Lipinski definition) is 1. The quantitative estimate of drug-likeness (QED) is 0.264. The summed E-state index contributed by atoms with van der Waals surface area (Å²) >= 11 is 0. The van der Waals surface area contributed by atoms with Crippen molar-refractivity contribution in [2.24, 2.45) is 0 Å². The van der Waals surface area contributed by atoms with Crippen LogP contribution in [0, 0.1) is 22.9 Å². The average Bonchev–Trinajstić information content (AvgIpc) is 3.33. The Hall–Kier alpha value is -4.53. The van der Waals surface area contributed by atoms with Crippen LogP contribution in [0.2, 0.25) is 0 Å². The lowest BCUT2D eigenvalue weighted by molar-refractivity contribution is -0.385. The number of carbonyl (C=O) groups is 2. The van der Waals surface area contributed by atoms with Gasteiger partial charge in [0.05, 0.1) is 10.5 Å². The Kier molecular flexibility index (Phi) is 6.43. The minimum absolute atomic E-state index is 0.0249. The number of hydrogen-bond acceptors (Lipinski definition) is 5. The molecule has 1 aromatic heterocycles. The first kappa shape index (κ1) is 24.2. The summed E-state index contributed by atoms with van der Waals surface area (Å²) in [5.74, 6) is -1.09. The number of para-hydroxylation sites is 1. The SMILES string of the molecule is Cc1c([N+](=O)[O-])ccc(F)c1C(=O)Nc1ccc(C2CCN(C(=O)c3cc4ccccc4o3)CC2)cc1. The summed E-state index contributed by atoms with van der Waals surface area (Å²) in [6.07, 6.45) is 1.57. The monoisotopic (exact) mass is 501 g/mol. The molecular formula is C28H24FN3O5. The van der Waals surface area contributed by atoms with E-state index in [1.165, 1.54) is 6.92 Å². The van der Waals surface area contributed by atoms with E-state index in [0.717, 1.165) is 35.9 Å². The lowest BCUT2D eigenvalue weighted by Crippen LogP contribution is -2.37. The molecule has 2 amide bonds. The van der Waals surface area contributed by atoms with Crippen LogP contribution in [0.3, 0.4) is 0 Å². The number of fused-ring (bicyclic) bond motifs is 1. The topological polar surface area (TPSA) is 106 Å². The number of furan rings is 1. The van der Waals surface area contributed by atoms with Crippen molar-refractivity contribution in [1.82, 2.24) is 4.90 Å². The molecule has 0 saturated carbocycles. The molecule has 1 aliphatic heterocycles. The van der Waals surface area contributed by atoms with Gasteiger partial charge in [0.25, 0.3) is 17.5 Å². The van der Waals surface area contributed by atoms with Gasteiger partial charge in [-0.3, -0.25) is 19.7 Å². The molecule has 0 radical (unpaired) electrons. The maximum absolute atomic E-state index is 14.3. The second kappa shape index (κ2) is 9.85. The van der Waals surface area contributed by atoms with Crippen LogP contribution in [0.4, 0.5) is 15.8 Å². The Labute approximate surface area is 211 Å². The number of nitrogens with one attached hydrogen (secondary N) is 1. The molecule has 0 aliphatic carbocycles. The number of halogens is 1. The van der Waals surface area contributed by atoms with Crippen LogP contribution in [-0.4, -0.2) is 34.7 Å². The van der Waals surface area contributed by atoms with Crippen molar-refractivity contribution < 1.29 is 23.3 Å². The van der Waals surface area contributed by atoms with Gasteiger partial charge in [0, 0.05) is 35.8 Å². The fraction of sp³-hybridized carbons (Fsp3) is 0.214. The number of rotatable bonds is 5. The van der Waals surface area contributed by atoms with Crippen LogP contribution in [0.5, 0.6) is 0 Å². The lowest BCUT2D eigenvalue weighted by atomic mass is 9.89. The largest absolute Gasteiger partial charge is 0.451 e. The summed E-state index contributed by atoms with van der Waals surface area (Å²) in [5.41, 5.74) is 1.54. The van der Waals surface area contributed by atoms with E-state index in [-0.39, 0.29) is 28.6 Å². The normalized spacial score (nSPS) is 14.1. The van der Waals surface area contributed by atoms with Crippen LogP contribution < -0.4 is 5.32 Å². The van der Waals surface area contributed by atoms with Gasteiger partial charge < -0.3 is 14.6 Å². The van der Waals surface area contributed by atoms with Crippen molar-refractivity contribution >= 4 is 34.2 Å². The molecule has 5 rings (SSSR count). The van der Waals surface area contributed by atoms with Crippen molar-refractivity contribution in [3.05, 3.63) is 105 Å². The fourth-order valence-corrected chi connectivity index (χ4v) is 4.84. The molecule has 1 fully saturated rings. The van der Waals surface area contributed by atoms with Crippen molar-refractivity contribution in [2.75, 3.05) is 18.4 Å². The zero-order chi connectivity index (χ0) is 26.1. The van der Waals surface area contributed by atoms with Crippen LogP contribution in [0.15, 0.2) is 71.1 Å². The summed E-state index contributed by atoms with van der Waals surface area (Å²) in [6.45, 7) is 2.55. The number of anilines is 1. The van der Waals surface area contributed by atoms with Crippen LogP contribution in [0.25, 0.3) is 11.0 Å². The van der Waals surface area contributed by atoms with E-state index in [1.54, 1.807) is 23.1 Å². The number of carbonyl (C=O) groups excluding carboxylic acids is 2. The van der Waals surface area contributed by atoms with Gasteiger partial charge in [0.2, 0.25) is 0 Å². The fourth-order valence-electron chi connectivity index (χ4n) is 4.84. The number of nitro benzene ring substituents is 1. The zero-order valence-corrected chi connectivity index (χ0v) is 20.1. The number of amides is 2. The number of nitro groups is 1. The molecule has 0 bridgehead atoms. The predicted octanol–water partition coefficient (Wildman–Crippen LogP) is 6.06. The van der Waals surface area contributed by atoms with Gasteiger partial charge in [-0.2, -0.15) is 0 Å². The third kappa shape index (κ3) is 4.80. The van der Waals surface area contributed by atoms with E-state index in [2.05, 4.69) is 5.32 Å². The second-order valence-electron chi connectivity index (χ2n) is 9.11. The van der Waals surface area contributed by atoms with E-state index in [1.807, 2.05) is 36.4 Å². The molecule has 188 valence electrons. The Bertz CT molecular complexity index is 1470. The molecule has 0 atom stereocenters. The Balaban J connectivity index is 1.21. The minimum atomic E-state index is -0.818. The van der Waals surface area contributed by atoms with Gasteiger partial charge in [-0.05, 0) is 61.6 Å². The van der Waals surface area contributed by atoms with Crippen LogP contribution in [-0.2, 0) is 0 Å². The first-order valence-electron chi connectivity index (χ1n) is 11.9. The molecule has 0 spiro atoms. The van der Waals surface area contributed by atoms with Gasteiger partial charge in [0.1, 0.15) is 11.4 Å². The Morgan fingerprint density at radius 2 is 1.76 bits per heavy atom. The molecule has 3 aromatic carbocycles. The summed E-state index contributed by atoms with van der Waals surface area (Å²) in [4.78, 5) is 37.9. The van der Waals surface area contributed by atoms with Crippen LogP contribution >= 0.6 is 0 Å². The van der Waals surface area contributed by atoms with Gasteiger partial charge in [-0.1, -0.05) is 30.3 Å². The number of piperidine rings is 1. The second-order valence-corrected chi connectivity index (χ2v) is 9.11. The Morgan fingerprint density at radius 1 is 1.05 bits per heavy atom. The first-order chi connectivity index (χ1) is 17.8. The molecule has 9 heteroatoms. The van der Waals surface area contributed by atoms with E-state index in [0.29, 0.717) is 30.1 Å². The lowest BCUT2D eigenvalue weighted by Gasteiger charge is -2.31. The van der Waals surface area contributed by atoms with Crippen molar-refractivity contribution in [3.63, 3.8) is 0 Å². The summed E-state index contributed by atoms with van der Waals surface area (Å²) < 4.78 is 20.0. The molecule has 1 N–H and O–H groups in total. The highest BCUT2D eigenvalue weighted by molar-refractivity contribution is 6.06. The molecule has 0 unspecified atom stereocenters. The van der Waals surface area contributed by atoms with E-state index in [9.17, 15) is 24.1 Å². The van der Waals surface area contributed by atoms with Crippen molar-refractivity contribution in [1.29, 1.82) is 0 Å². The minimum Gasteiger partial charge on any atom is -0.451 e. The number of nitrogens with zero attached hydrogens (tertiary/aromatic N) is 2. The smallest absolute Gasteiger partial charge is 0.289 e. The maximum atomic E-state index is 14.3. The third-order valence-electron chi connectivity index (χ3n) is 6.87. The molecule has 1 aliphatic rings. The standard InChI is InChI=1S/C28H24FN3O5/c1-17-23(32(35)36)11-10-22(29)26(17)27(33)30-21-8-6-18(7-9-21)19-12-14-31(15-13-19)28(34)25-16-20-4-2-3-5-24(20)37-25/h2-11,16,19H,12-15H2,1H3,(H,30,33). The molecule has 4 aromatic rings. The molecule has 2 heterocycles. The summed E-state index contributed by atoms with van der Waals surface area (Å²) in [7, 11) is 0. The van der Waals surface area contributed by atoms with Crippen molar-refractivity contribution in [3.8, 4) is 0 Å². The highest BCUT2D eigenvalue weighted by atomic mass is 19.1. The number of likely N-dealkylation sites (tertiary alicyclic amines) is 1. The van der Waals surface area contributed by atoms with Crippen molar-refractivity contribution in [2.45, 2.75) is 25.7 Å². The Morgan fingerprint density at radius 3 is 2.43 bits per heavy atom. The zero-order valence-electron chi connectivity index (χ0n) is 20.1. The van der Waals surface area contributed by atoms with E-state index in [4.69, 9.17) is 4.42 Å². The molecular weight excluding hydrogens is 477 g/mol. The van der Waals surface area contributed by atoms with Gasteiger partial charge in [-0.25, -0.2) is 4.39 Å². The van der Waals surface area contributed by atoms with E-state index < -0.39 is 16.6 Å². The summed E-state index contributed by atoms with van der Waals surface area (Å²) in [6, 6.07) is 18.5. The molecule has 37 heavy (non-hydrogen) atoms. The van der Waals surface area contributed by atoms with Gasteiger partial charge in [0.15, 0.2) is 5.76 Å². The van der Waals surface area contributed by atoms with E-state index >= 15 is 0 Å². The molecule has 8 nitrogen and oxygen atoms in total. The first-order valence-corrected chi connectivity index (χ1v) is 11.9.